The van der Waals surface area contributed by atoms with E-state index >= 15 is 0 Å². The molecule has 3 radical (unpaired) electrons. The standard InChI is InChI=1S/C4H10.C2H6.CH3.3Y/c1-4(2)3;1-2;;;;/h4H,1-3H3;1-2H3;1H3;;;/q;;-1;;;. The van der Waals surface area contributed by atoms with Gasteiger partial charge in [0.1, 0.15) is 0 Å². The topological polar surface area (TPSA) is 0 Å². The fraction of sp³-hybridized carbons (Fsp3) is 0.857. The van der Waals surface area contributed by atoms with Crippen LogP contribution < -0.4 is 0 Å². The molecule has 0 saturated carbocycles. The maximum absolute atomic E-state index is 2.17. The van der Waals surface area contributed by atoms with Gasteiger partial charge in [-0.05, 0) is 5.92 Å². The first-order valence-electron chi connectivity index (χ1n) is 2.73. The molecule has 0 atom stereocenters. The van der Waals surface area contributed by atoms with Crippen LogP contribution in [-0.2, 0) is 98.1 Å². The molecule has 57 valence electrons. The molecule has 0 heterocycles. The monoisotopic (exact) mass is 370 g/mol. The third-order valence-corrected chi connectivity index (χ3v) is 0. The van der Waals surface area contributed by atoms with E-state index in [0.29, 0.717) is 0 Å². The predicted octanol–water partition coefficient (Wildman–Crippen LogP) is 3.13. The summed E-state index contributed by atoms with van der Waals surface area (Å²) in [6, 6.07) is 0. The van der Waals surface area contributed by atoms with E-state index in [4.69, 9.17) is 0 Å². The third-order valence-electron chi connectivity index (χ3n) is 0. The maximum Gasteiger partial charge on any atom is 0 e. The van der Waals surface area contributed by atoms with Crippen molar-refractivity contribution in [3.8, 4) is 0 Å². The average Bonchev–Trinajstić information content (AvgIpc) is 1.41. The first kappa shape index (κ1) is 37.7. The molecule has 0 bridgehead atoms. The molecular formula is C7H19Y3-. The van der Waals surface area contributed by atoms with Gasteiger partial charge in [-0.15, -0.1) is 0 Å². The number of rotatable bonds is 0. The SMILES string of the molecule is CC.CC(C)C.[CH3-].[Y].[Y].[Y]. The summed E-state index contributed by atoms with van der Waals surface area (Å²) >= 11 is 0. The third kappa shape index (κ3) is 110. The Labute approximate surface area is 143 Å². The largest absolute Gasteiger partial charge is 0.358 e. The van der Waals surface area contributed by atoms with E-state index in [2.05, 4.69) is 20.8 Å². The molecule has 0 amide bonds. The molecule has 0 aliphatic heterocycles. The van der Waals surface area contributed by atoms with Crippen molar-refractivity contribution >= 4 is 0 Å². The maximum atomic E-state index is 2.17. The minimum absolute atomic E-state index is 0. The molecule has 0 aromatic rings. The molecule has 0 fully saturated rings. The molecule has 0 aromatic heterocycles. The first-order chi connectivity index (χ1) is 2.73. The quantitative estimate of drug-likeness (QED) is 0.575. The van der Waals surface area contributed by atoms with Crippen LogP contribution in [0.25, 0.3) is 0 Å². The van der Waals surface area contributed by atoms with Gasteiger partial charge in [0.15, 0.2) is 0 Å². The Morgan fingerprint density at radius 2 is 0.700 bits per heavy atom. The second-order valence-corrected chi connectivity index (χ2v) is 1.73. The summed E-state index contributed by atoms with van der Waals surface area (Å²) in [6.07, 6.45) is 0. The van der Waals surface area contributed by atoms with Gasteiger partial charge in [-0.25, -0.2) is 0 Å². The van der Waals surface area contributed by atoms with Crippen molar-refractivity contribution in [3.63, 3.8) is 0 Å². The Morgan fingerprint density at radius 1 is 0.700 bits per heavy atom. The van der Waals surface area contributed by atoms with E-state index in [1.807, 2.05) is 13.8 Å². The number of hydrogen-bond acceptors (Lipinski definition) is 0. The van der Waals surface area contributed by atoms with Gasteiger partial charge in [0, 0.05) is 98.1 Å². The van der Waals surface area contributed by atoms with Crippen molar-refractivity contribution in [1.82, 2.24) is 0 Å². The van der Waals surface area contributed by atoms with Crippen molar-refractivity contribution < 1.29 is 98.1 Å². The molecular weight excluding hydrogens is 351 g/mol. The number of hydrogen-bond donors (Lipinski definition) is 0. The van der Waals surface area contributed by atoms with E-state index in [1.165, 1.54) is 0 Å². The molecule has 10 heavy (non-hydrogen) atoms. The predicted molar refractivity (Wildman–Crippen MR) is 38.3 cm³/mol. The van der Waals surface area contributed by atoms with Crippen LogP contribution >= 0.6 is 0 Å². The molecule has 0 saturated heterocycles. The first-order valence-corrected chi connectivity index (χ1v) is 2.73. The Morgan fingerprint density at radius 3 is 0.700 bits per heavy atom. The summed E-state index contributed by atoms with van der Waals surface area (Å²) in [5.41, 5.74) is 0. The molecule has 0 N–H and O–H groups in total. The van der Waals surface area contributed by atoms with Crippen LogP contribution in [-0.4, -0.2) is 0 Å². The minimum atomic E-state index is 0. The Balaban J connectivity index is -0.00000000625. The Kier molecular flexibility index (Phi) is 149. The minimum Gasteiger partial charge on any atom is -0.358 e. The van der Waals surface area contributed by atoms with Crippen LogP contribution in [0.15, 0.2) is 0 Å². The van der Waals surface area contributed by atoms with Crippen molar-refractivity contribution in [2.75, 3.05) is 0 Å². The van der Waals surface area contributed by atoms with Gasteiger partial charge < -0.3 is 7.43 Å². The second-order valence-electron chi connectivity index (χ2n) is 1.73. The molecule has 0 spiro atoms. The molecule has 0 unspecified atom stereocenters. The van der Waals surface area contributed by atoms with E-state index in [1.54, 1.807) is 0 Å². The molecule has 0 aliphatic carbocycles. The molecule has 0 nitrogen and oxygen atoms in total. The summed E-state index contributed by atoms with van der Waals surface area (Å²) in [5, 5.41) is 0. The molecule has 0 rings (SSSR count). The zero-order valence-corrected chi connectivity index (χ0v) is 16.8. The van der Waals surface area contributed by atoms with E-state index in [9.17, 15) is 0 Å². The van der Waals surface area contributed by atoms with Crippen LogP contribution in [0.4, 0.5) is 0 Å². The van der Waals surface area contributed by atoms with Gasteiger partial charge in [0.2, 0.25) is 0 Å². The van der Waals surface area contributed by atoms with Gasteiger partial charge in [0.05, 0.1) is 0 Å². The average molecular weight is 370 g/mol. The van der Waals surface area contributed by atoms with Crippen LogP contribution in [0.2, 0.25) is 0 Å². The van der Waals surface area contributed by atoms with Gasteiger partial charge in [0.25, 0.3) is 0 Å². The van der Waals surface area contributed by atoms with E-state index < -0.39 is 0 Å². The Bertz CT molecular complexity index is 13.6. The summed E-state index contributed by atoms with van der Waals surface area (Å²) in [4.78, 5) is 0. The fourth-order valence-corrected chi connectivity index (χ4v) is 0. The van der Waals surface area contributed by atoms with Crippen molar-refractivity contribution in [2.45, 2.75) is 34.6 Å². The van der Waals surface area contributed by atoms with Crippen LogP contribution in [0.3, 0.4) is 0 Å². The van der Waals surface area contributed by atoms with Crippen LogP contribution in [0.5, 0.6) is 0 Å². The van der Waals surface area contributed by atoms with Gasteiger partial charge in [-0.2, -0.15) is 0 Å². The van der Waals surface area contributed by atoms with Crippen molar-refractivity contribution in [2.24, 2.45) is 5.92 Å². The van der Waals surface area contributed by atoms with Crippen molar-refractivity contribution in [3.05, 3.63) is 7.43 Å². The Hall–Kier alpha value is 3.31. The van der Waals surface area contributed by atoms with E-state index in [-0.39, 0.29) is 106 Å². The summed E-state index contributed by atoms with van der Waals surface area (Å²) in [5.74, 6) is 0.833. The fourth-order valence-electron chi connectivity index (χ4n) is 0. The van der Waals surface area contributed by atoms with Gasteiger partial charge in [-0.3, -0.25) is 0 Å². The van der Waals surface area contributed by atoms with Crippen molar-refractivity contribution in [1.29, 1.82) is 0 Å². The summed E-state index contributed by atoms with van der Waals surface area (Å²) < 4.78 is 0. The van der Waals surface area contributed by atoms with Gasteiger partial charge >= 0.3 is 0 Å². The van der Waals surface area contributed by atoms with Gasteiger partial charge in [-0.1, -0.05) is 34.6 Å². The van der Waals surface area contributed by atoms with Crippen LogP contribution in [0, 0.1) is 13.3 Å². The summed E-state index contributed by atoms with van der Waals surface area (Å²) in [6.45, 7) is 10.5. The zero-order valence-electron chi connectivity index (χ0n) is 8.31. The smallest absolute Gasteiger partial charge is 0 e. The molecule has 3 heteroatoms. The van der Waals surface area contributed by atoms with Crippen LogP contribution in [0.1, 0.15) is 34.6 Å². The second kappa shape index (κ2) is 39.5. The zero-order chi connectivity index (χ0) is 5.58. The molecule has 0 aromatic carbocycles. The summed E-state index contributed by atoms with van der Waals surface area (Å²) in [7, 11) is 0. The molecule has 0 aliphatic rings. The van der Waals surface area contributed by atoms with E-state index in [0.717, 1.165) is 5.92 Å². The normalized spacial score (nSPS) is 4.20.